The van der Waals surface area contributed by atoms with Gasteiger partial charge < -0.3 is 14.5 Å². The van der Waals surface area contributed by atoms with Gasteiger partial charge in [0.1, 0.15) is 11.8 Å². The Morgan fingerprint density at radius 1 is 1.00 bits per heavy atom. The minimum absolute atomic E-state index is 0.121. The largest absolute Gasteiger partial charge is 0.378 e. The maximum Gasteiger partial charge on any atom is 0.308 e. The number of carbonyl (C=O) groups is 3. The summed E-state index contributed by atoms with van der Waals surface area (Å²) in [6.45, 7) is 1.75. The first-order valence-electron chi connectivity index (χ1n) is 12.9. The zero-order valence-electron chi connectivity index (χ0n) is 21.9. The molecule has 12 heteroatoms. The molecule has 2 aromatic carbocycles. The molecule has 6 rings (SSSR count). The summed E-state index contributed by atoms with van der Waals surface area (Å²) in [5, 5.41) is 0.344. The van der Waals surface area contributed by atoms with E-state index in [1.807, 2.05) is 43.3 Å². The minimum Gasteiger partial charge on any atom is -0.378 e. The van der Waals surface area contributed by atoms with Crippen molar-refractivity contribution in [2.45, 2.75) is 22.7 Å². The number of amides is 3. The van der Waals surface area contributed by atoms with E-state index in [1.165, 1.54) is 21.2 Å². The third-order valence-electron chi connectivity index (χ3n) is 7.56. The van der Waals surface area contributed by atoms with Crippen molar-refractivity contribution in [2.75, 3.05) is 50.2 Å². The van der Waals surface area contributed by atoms with Gasteiger partial charge in [-0.1, -0.05) is 46.8 Å². The molecule has 0 radical (unpaired) electrons. The Labute approximate surface area is 244 Å². The molecule has 3 aromatic rings. The first-order valence-corrected chi connectivity index (χ1v) is 15.0. The molecule has 2 fully saturated rings. The molecule has 208 valence electrons. The normalized spacial score (nSPS) is 22.3. The van der Waals surface area contributed by atoms with Crippen molar-refractivity contribution in [2.24, 2.45) is 5.92 Å². The number of ether oxygens (including phenoxy) is 1. The highest BCUT2D eigenvalue weighted by Crippen LogP contribution is 2.54. The molecule has 1 aromatic heterocycles. The highest BCUT2D eigenvalue weighted by atomic mass is 35.5. The van der Waals surface area contributed by atoms with Crippen molar-refractivity contribution < 1.29 is 19.1 Å². The monoisotopic (exact) mass is 598 g/mol. The molecule has 0 aliphatic carbocycles. The lowest BCUT2D eigenvalue weighted by Crippen LogP contribution is -2.43. The molecule has 9 nitrogen and oxygen atoms in total. The molecule has 0 saturated carbocycles. The van der Waals surface area contributed by atoms with Crippen LogP contribution in [0.15, 0.2) is 58.4 Å². The lowest BCUT2D eigenvalue weighted by molar-refractivity contribution is -0.136. The van der Waals surface area contributed by atoms with Gasteiger partial charge in [0.05, 0.1) is 29.8 Å². The van der Waals surface area contributed by atoms with Gasteiger partial charge in [0, 0.05) is 48.7 Å². The Bertz CT molecular complexity index is 1530. The molecule has 0 bridgehead atoms. The third kappa shape index (κ3) is 4.64. The van der Waals surface area contributed by atoms with E-state index in [0.717, 1.165) is 22.6 Å². The number of imide groups is 1. The second-order valence-corrected chi connectivity index (χ2v) is 12.7. The number of rotatable bonds is 5. The first kappa shape index (κ1) is 27.1. The van der Waals surface area contributed by atoms with Crippen LogP contribution in [-0.4, -0.2) is 72.8 Å². The highest BCUT2D eigenvalue weighted by molar-refractivity contribution is 8.00. The SMILES string of the molecule is CN(C)c1ccc([C@H]2c3sc(=O)n(CC(=O)N4CCOCC4)c3SC3C(=O)N(c4ccc(Cl)cc4)C(=O)C32)cc1. The molecule has 3 amide bonds. The lowest BCUT2D eigenvalue weighted by Gasteiger charge is -2.31. The van der Waals surface area contributed by atoms with Crippen molar-refractivity contribution in [3.8, 4) is 0 Å². The summed E-state index contributed by atoms with van der Waals surface area (Å²) in [4.78, 5) is 59.6. The minimum atomic E-state index is -0.743. The summed E-state index contributed by atoms with van der Waals surface area (Å²) < 4.78 is 6.83. The van der Waals surface area contributed by atoms with Gasteiger partial charge in [-0.3, -0.25) is 23.7 Å². The van der Waals surface area contributed by atoms with Crippen molar-refractivity contribution in [3.05, 3.63) is 73.7 Å². The van der Waals surface area contributed by atoms with E-state index >= 15 is 0 Å². The Morgan fingerprint density at radius 3 is 2.33 bits per heavy atom. The Morgan fingerprint density at radius 2 is 1.68 bits per heavy atom. The number of benzene rings is 2. The Hall–Kier alpha value is -3.12. The van der Waals surface area contributed by atoms with Crippen LogP contribution in [0, 0.1) is 5.92 Å². The molecular formula is C28H27ClN4O5S2. The Balaban J connectivity index is 1.43. The molecule has 3 atom stereocenters. The van der Waals surface area contributed by atoms with Crippen LogP contribution >= 0.6 is 34.7 Å². The molecule has 4 heterocycles. The average molecular weight is 599 g/mol. The number of aromatic nitrogens is 1. The second-order valence-electron chi connectivity index (χ2n) is 10.1. The number of hydrogen-bond acceptors (Lipinski definition) is 8. The number of carbonyl (C=O) groups excluding carboxylic acids is 3. The fourth-order valence-electron chi connectivity index (χ4n) is 5.49. The van der Waals surface area contributed by atoms with E-state index in [9.17, 15) is 19.2 Å². The van der Waals surface area contributed by atoms with Gasteiger partial charge in [0.15, 0.2) is 0 Å². The molecule has 0 N–H and O–H groups in total. The first-order chi connectivity index (χ1) is 19.2. The number of thiazole rings is 1. The van der Waals surface area contributed by atoms with E-state index < -0.39 is 17.1 Å². The van der Waals surface area contributed by atoms with Gasteiger partial charge in [-0.2, -0.15) is 0 Å². The van der Waals surface area contributed by atoms with Crippen LogP contribution in [0.1, 0.15) is 16.4 Å². The van der Waals surface area contributed by atoms with E-state index in [4.69, 9.17) is 16.3 Å². The number of halogens is 1. The molecular weight excluding hydrogens is 572 g/mol. The van der Waals surface area contributed by atoms with Gasteiger partial charge in [-0.25, -0.2) is 4.90 Å². The van der Waals surface area contributed by atoms with Gasteiger partial charge >= 0.3 is 4.87 Å². The van der Waals surface area contributed by atoms with Crippen molar-refractivity contribution >= 4 is 63.8 Å². The van der Waals surface area contributed by atoms with Crippen LogP contribution in [0.2, 0.25) is 5.02 Å². The zero-order chi connectivity index (χ0) is 28.1. The van der Waals surface area contributed by atoms with Crippen LogP contribution in [-0.2, 0) is 25.7 Å². The summed E-state index contributed by atoms with van der Waals surface area (Å²) in [5.74, 6) is -2.03. The number of fused-ring (bicyclic) bond motifs is 2. The van der Waals surface area contributed by atoms with Gasteiger partial charge in [0.25, 0.3) is 0 Å². The topological polar surface area (TPSA) is 92.2 Å². The maximum atomic E-state index is 14.0. The third-order valence-corrected chi connectivity index (χ3v) is 10.4. The van der Waals surface area contributed by atoms with Crippen LogP contribution in [0.3, 0.4) is 0 Å². The number of morpholine rings is 1. The van der Waals surface area contributed by atoms with Crippen molar-refractivity contribution in [1.29, 1.82) is 0 Å². The molecule has 2 saturated heterocycles. The standard InChI is InChI=1S/C28H27ClN4O5S2/c1-30(2)18-7-3-16(4-8-18)21-22-23(26(36)33(25(22)35)19-9-5-17(29)6-10-19)39-27-24(21)40-28(37)32(27)15-20(34)31-11-13-38-14-12-31/h3-10,21-23H,11-15H2,1-2H3/t21-,22?,23?/m1/s1. The van der Waals surface area contributed by atoms with Crippen LogP contribution in [0.4, 0.5) is 11.4 Å². The molecule has 0 spiro atoms. The number of anilines is 2. The van der Waals surface area contributed by atoms with Gasteiger partial charge in [-0.15, -0.1) is 0 Å². The average Bonchev–Trinajstić information content (AvgIpc) is 3.40. The summed E-state index contributed by atoms with van der Waals surface area (Å²) in [6, 6.07) is 14.4. The van der Waals surface area contributed by atoms with E-state index in [2.05, 4.69) is 0 Å². The number of thioether (sulfide) groups is 1. The van der Waals surface area contributed by atoms with E-state index in [1.54, 1.807) is 29.2 Å². The van der Waals surface area contributed by atoms with Crippen molar-refractivity contribution in [3.63, 3.8) is 0 Å². The summed E-state index contributed by atoms with van der Waals surface area (Å²) >= 11 is 8.33. The fraction of sp³-hybridized carbons (Fsp3) is 0.357. The zero-order valence-corrected chi connectivity index (χ0v) is 24.3. The highest BCUT2D eigenvalue weighted by Gasteiger charge is 2.56. The molecule has 3 aliphatic rings. The van der Waals surface area contributed by atoms with Crippen LogP contribution in [0.25, 0.3) is 0 Å². The fourth-order valence-corrected chi connectivity index (χ4v) is 8.39. The summed E-state index contributed by atoms with van der Waals surface area (Å²) in [7, 11) is 3.89. The van der Waals surface area contributed by atoms with Gasteiger partial charge in [-0.05, 0) is 42.0 Å². The second kappa shape index (κ2) is 10.7. The van der Waals surface area contributed by atoms with Crippen LogP contribution in [0.5, 0.6) is 0 Å². The predicted octanol–water partition coefficient (Wildman–Crippen LogP) is 3.28. The summed E-state index contributed by atoms with van der Waals surface area (Å²) in [6.07, 6.45) is 0. The quantitative estimate of drug-likeness (QED) is 0.416. The van der Waals surface area contributed by atoms with E-state index in [0.29, 0.717) is 46.9 Å². The molecule has 3 aliphatic heterocycles. The molecule has 40 heavy (non-hydrogen) atoms. The predicted molar refractivity (Wildman–Crippen MR) is 156 cm³/mol. The summed E-state index contributed by atoms with van der Waals surface area (Å²) in [5.41, 5.74) is 2.29. The number of hydrogen-bond donors (Lipinski definition) is 0. The maximum absolute atomic E-state index is 14.0. The molecule has 2 unspecified atom stereocenters. The van der Waals surface area contributed by atoms with Crippen LogP contribution < -0.4 is 14.7 Å². The van der Waals surface area contributed by atoms with Crippen molar-refractivity contribution in [1.82, 2.24) is 9.47 Å². The Kier molecular flexibility index (Phi) is 7.24. The lowest BCUT2D eigenvalue weighted by atomic mass is 9.83. The van der Waals surface area contributed by atoms with E-state index in [-0.39, 0.29) is 29.1 Å². The number of nitrogens with zero attached hydrogens (tertiary/aromatic N) is 4. The van der Waals surface area contributed by atoms with Gasteiger partial charge in [0.2, 0.25) is 17.7 Å². The smallest absolute Gasteiger partial charge is 0.308 e.